The van der Waals surface area contributed by atoms with E-state index in [2.05, 4.69) is 48.9 Å². The molecule has 0 radical (unpaired) electrons. The monoisotopic (exact) mass is 505 g/mol. The third-order valence-electron chi connectivity index (χ3n) is 3.99. The summed E-state index contributed by atoms with van der Waals surface area (Å²) in [6.45, 7) is 6.01. The number of ether oxygens (including phenoxy) is 1. The average molecular weight is 507 g/mol. The first-order valence-corrected chi connectivity index (χ1v) is 10.7. The van der Waals surface area contributed by atoms with Gasteiger partial charge in [0.05, 0.1) is 27.7 Å². The van der Waals surface area contributed by atoms with E-state index in [1.807, 2.05) is 44.2 Å². The van der Waals surface area contributed by atoms with Gasteiger partial charge in [0.1, 0.15) is 11.6 Å². The number of aromatic nitrogens is 2. The molecule has 0 spiro atoms. The minimum absolute atomic E-state index is 0.0917. The molecule has 1 heterocycles. The number of hydrogen-bond acceptors (Lipinski definition) is 4. The van der Waals surface area contributed by atoms with Gasteiger partial charge in [0, 0.05) is 10.9 Å². The van der Waals surface area contributed by atoms with E-state index in [0.29, 0.717) is 23.1 Å². The lowest BCUT2D eigenvalue weighted by Crippen LogP contribution is -2.22. The number of fused-ring (bicyclic) bond motifs is 1. The van der Waals surface area contributed by atoms with Crippen LogP contribution in [0.5, 0.6) is 5.75 Å². The number of benzene rings is 2. The predicted molar refractivity (Wildman–Crippen MR) is 121 cm³/mol. The first kappa shape index (κ1) is 20.7. The molecule has 5 nitrogen and oxygen atoms in total. The van der Waals surface area contributed by atoms with Crippen LogP contribution in [0.25, 0.3) is 10.9 Å². The van der Waals surface area contributed by atoms with Crippen LogP contribution in [0.4, 0.5) is 0 Å². The van der Waals surface area contributed by atoms with Crippen LogP contribution >= 0.6 is 31.9 Å². The lowest BCUT2D eigenvalue weighted by atomic mass is 10.2. The molecule has 0 fully saturated rings. The molecule has 0 aliphatic carbocycles. The van der Waals surface area contributed by atoms with Crippen LogP contribution in [0.2, 0.25) is 0 Å². The zero-order chi connectivity index (χ0) is 20.3. The number of aryl methyl sites for hydroxylation is 1. The summed E-state index contributed by atoms with van der Waals surface area (Å²) in [5, 5.41) is 4.98. The molecule has 7 heteroatoms. The highest BCUT2D eigenvalue weighted by Gasteiger charge is 2.11. The summed E-state index contributed by atoms with van der Waals surface area (Å²) >= 11 is 6.94. The molecule has 0 aliphatic heterocycles. The molecule has 0 atom stereocenters. The van der Waals surface area contributed by atoms with E-state index in [4.69, 9.17) is 4.74 Å². The molecular formula is C21H21Br2N3O2. The maximum atomic E-state index is 13.0. The van der Waals surface area contributed by atoms with E-state index < -0.39 is 0 Å². The van der Waals surface area contributed by atoms with Crippen LogP contribution in [0.3, 0.4) is 0 Å². The Labute approximate surface area is 180 Å². The molecule has 28 heavy (non-hydrogen) atoms. The topological polar surface area (TPSA) is 56.5 Å². The smallest absolute Gasteiger partial charge is 0.282 e. The van der Waals surface area contributed by atoms with Crippen molar-refractivity contribution in [2.75, 3.05) is 0 Å². The minimum atomic E-state index is -0.176. The standard InChI is InChI=1S/C21H21Br2N3O2/c1-4-5-20-25-18-8-7-15(22)11-16(18)21(27)26(20)24-12-14-6-9-19(17(23)10-14)28-13(2)3/h6-13H,4-5H2,1-3H3. The van der Waals surface area contributed by atoms with Crippen LogP contribution in [0.15, 0.2) is 55.2 Å². The Hall–Kier alpha value is -1.99. The molecule has 0 unspecified atom stereocenters. The molecule has 0 bridgehead atoms. The minimum Gasteiger partial charge on any atom is -0.490 e. The first-order valence-electron chi connectivity index (χ1n) is 9.10. The van der Waals surface area contributed by atoms with Crippen LogP contribution in [0, 0.1) is 0 Å². The van der Waals surface area contributed by atoms with Crippen LogP contribution in [-0.4, -0.2) is 22.0 Å². The second-order valence-corrected chi connectivity index (χ2v) is 8.43. The lowest BCUT2D eigenvalue weighted by Gasteiger charge is -2.11. The molecule has 3 aromatic rings. The fourth-order valence-corrected chi connectivity index (χ4v) is 3.62. The largest absolute Gasteiger partial charge is 0.490 e. The first-order chi connectivity index (χ1) is 13.4. The second kappa shape index (κ2) is 9.01. The van der Waals surface area contributed by atoms with Crippen molar-refractivity contribution < 1.29 is 4.74 Å². The third-order valence-corrected chi connectivity index (χ3v) is 5.10. The molecule has 1 aromatic heterocycles. The number of hydrogen-bond donors (Lipinski definition) is 0. The summed E-state index contributed by atoms with van der Waals surface area (Å²) in [6.07, 6.45) is 3.30. The van der Waals surface area contributed by atoms with Crippen molar-refractivity contribution in [1.29, 1.82) is 0 Å². The van der Waals surface area contributed by atoms with Gasteiger partial charge in [0.15, 0.2) is 0 Å². The Bertz CT molecular complexity index is 1090. The normalized spacial score (nSPS) is 11.6. The van der Waals surface area contributed by atoms with E-state index in [1.165, 1.54) is 4.68 Å². The van der Waals surface area contributed by atoms with Crippen LogP contribution < -0.4 is 10.3 Å². The fraction of sp³-hybridized carbons (Fsp3) is 0.286. The molecule has 0 N–H and O–H groups in total. The van der Waals surface area contributed by atoms with Gasteiger partial charge in [-0.05, 0) is 78.2 Å². The Balaban J connectivity index is 2.03. The number of rotatable bonds is 6. The van der Waals surface area contributed by atoms with Gasteiger partial charge in [-0.25, -0.2) is 4.98 Å². The van der Waals surface area contributed by atoms with Crippen molar-refractivity contribution >= 4 is 49.0 Å². The molecule has 3 rings (SSSR count). The van der Waals surface area contributed by atoms with E-state index >= 15 is 0 Å². The summed E-state index contributed by atoms with van der Waals surface area (Å²) in [4.78, 5) is 17.6. The summed E-state index contributed by atoms with van der Waals surface area (Å²) in [7, 11) is 0. The van der Waals surface area contributed by atoms with Crippen molar-refractivity contribution in [2.45, 2.75) is 39.7 Å². The Kier molecular flexibility index (Phi) is 6.67. The maximum absolute atomic E-state index is 13.0. The SMILES string of the molecule is CCCc1nc2ccc(Br)cc2c(=O)n1N=Cc1ccc(OC(C)C)c(Br)c1. The highest BCUT2D eigenvalue weighted by atomic mass is 79.9. The molecule has 0 saturated carbocycles. The van der Waals surface area contributed by atoms with Gasteiger partial charge in [-0.3, -0.25) is 4.79 Å². The van der Waals surface area contributed by atoms with Gasteiger partial charge in [-0.15, -0.1) is 0 Å². The summed E-state index contributed by atoms with van der Waals surface area (Å²) < 4.78 is 8.80. The molecule has 0 amide bonds. The van der Waals surface area contributed by atoms with E-state index in [-0.39, 0.29) is 11.7 Å². The second-order valence-electron chi connectivity index (χ2n) is 6.66. The summed E-state index contributed by atoms with van der Waals surface area (Å²) in [5.41, 5.74) is 1.36. The van der Waals surface area contributed by atoms with Crippen LogP contribution in [-0.2, 0) is 6.42 Å². The molecule has 0 aliphatic rings. The quantitative estimate of drug-likeness (QED) is 0.412. The van der Waals surface area contributed by atoms with Gasteiger partial charge >= 0.3 is 0 Å². The Morgan fingerprint density at radius 2 is 2.00 bits per heavy atom. The zero-order valence-electron chi connectivity index (χ0n) is 15.9. The number of halogens is 2. The van der Waals surface area contributed by atoms with E-state index in [1.54, 1.807) is 12.3 Å². The van der Waals surface area contributed by atoms with Gasteiger partial charge in [0.2, 0.25) is 0 Å². The summed E-state index contributed by atoms with van der Waals surface area (Å²) in [6, 6.07) is 11.2. The fourth-order valence-electron chi connectivity index (χ4n) is 2.77. The Morgan fingerprint density at radius 1 is 1.21 bits per heavy atom. The Morgan fingerprint density at radius 3 is 2.68 bits per heavy atom. The van der Waals surface area contributed by atoms with Gasteiger partial charge < -0.3 is 4.74 Å². The molecular weight excluding hydrogens is 486 g/mol. The zero-order valence-corrected chi connectivity index (χ0v) is 19.1. The predicted octanol–water partition coefficient (Wildman–Crippen LogP) is 5.54. The number of nitrogens with zero attached hydrogens (tertiary/aromatic N) is 3. The highest BCUT2D eigenvalue weighted by Crippen LogP contribution is 2.26. The third kappa shape index (κ3) is 4.70. The maximum Gasteiger partial charge on any atom is 0.282 e. The highest BCUT2D eigenvalue weighted by molar-refractivity contribution is 9.10. The van der Waals surface area contributed by atoms with Gasteiger partial charge in [-0.1, -0.05) is 22.9 Å². The summed E-state index contributed by atoms with van der Waals surface area (Å²) in [5.74, 6) is 1.42. The molecule has 0 saturated heterocycles. The van der Waals surface area contributed by atoms with Crippen molar-refractivity contribution in [3.05, 3.63) is 67.1 Å². The average Bonchev–Trinajstić information content (AvgIpc) is 2.64. The van der Waals surface area contributed by atoms with Crippen molar-refractivity contribution in [2.24, 2.45) is 5.10 Å². The van der Waals surface area contributed by atoms with Gasteiger partial charge in [-0.2, -0.15) is 9.78 Å². The van der Waals surface area contributed by atoms with Crippen LogP contribution in [0.1, 0.15) is 38.6 Å². The van der Waals surface area contributed by atoms with E-state index in [9.17, 15) is 4.79 Å². The molecule has 2 aromatic carbocycles. The lowest BCUT2D eigenvalue weighted by molar-refractivity contribution is 0.241. The molecule has 146 valence electrons. The van der Waals surface area contributed by atoms with Gasteiger partial charge in [0.25, 0.3) is 5.56 Å². The van der Waals surface area contributed by atoms with Crippen molar-refractivity contribution in [3.63, 3.8) is 0 Å². The van der Waals surface area contributed by atoms with Crippen molar-refractivity contribution in [1.82, 2.24) is 9.66 Å². The van der Waals surface area contributed by atoms with E-state index in [0.717, 1.165) is 26.7 Å². The van der Waals surface area contributed by atoms with Crippen molar-refractivity contribution in [3.8, 4) is 5.75 Å².